The molecule has 1 aliphatic rings. The molecule has 1 N–H and O–H groups in total. The van der Waals surface area contributed by atoms with Gasteiger partial charge in [-0.15, -0.1) is 0 Å². The molecule has 0 saturated carbocycles. The van der Waals surface area contributed by atoms with Crippen molar-refractivity contribution in [1.29, 1.82) is 0 Å². The van der Waals surface area contributed by atoms with E-state index in [9.17, 15) is 14.4 Å². The van der Waals surface area contributed by atoms with E-state index in [2.05, 4.69) is 10.4 Å². The van der Waals surface area contributed by atoms with Crippen molar-refractivity contribution in [3.8, 4) is 0 Å². The molecule has 1 heterocycles. The van der Waals surface area contributed by atoms with E-state index in [0.717, 1.165) is 5.56 Å². The van der Waals surface area contributed by atoms with E-state index in [-0.39, 0.29) is 24.5 Å². The quantitative estimate of drug-likeness (QED) is 0.825. The Kier molecular flexibility index (Phi) is 5.61. The third-order valence-electron chi connectivity index (χ3n) is 3.94. The third kappa shape index (κ3) is 4.78. The number of rotatable bonds is 5. The number of anilines is 2. The molecular formula is C20H19N3O4. The van der Waals surface area contributed by atoms with Gasteiger partial charge in [0.1, 0.15) is 5.71 Å². The maximum Gasteiger partial charge on any atom is 0.355 e. The van der Waals surface area contributed by atoms with Gasteiger partial charge in [-0.3, -0.25) is 9.59 Å². The average molecular weight is 365 g/mol. The smallest absolute Gasteiger partial charge is 0.355 e. The molecule has 27 heavy (non-hydrogen) atoms. The summed E-state index contributed by atoms with van der Waals surface area (Å²) in [5, 5.41) is 7.93. The first-order valence-corrected chi connectivity index (χ1v) is 8.52. The highest BCUT2D eigenvalue weighted by atomic mass is 16.5. The molecule has 138 valence electrons. The Morgan fingerprint density at radius 3 is 2.48 bits per heavy atom. The molecule has 2 aromatic rings. The summed E-state index contributed by atoms with van der Waals surface area (Å²) in [6, 6.07) is 16.1. The number of aryl methyl sites for hydroxylation is 1. The zero-order valence-corrected chi connectivity index (χ0v) is 14.8. The lowest BCUT2D eigenvalue weighted by Crippen LogP contribution is -2.35. The molecule has 2 amide bonds. The minimum absolute atomic E-state index is 0.113. The van der Waals surface area contributed by atoms with Crippen LogP contribution in [-0.4, -0.2) is 30.1 Å². The fourth-order valence-corrected chi connectivity index (χ4v) is 2.52. The maximum atomic E-state index is 12.2. The van der Waals surface area contributed by atoms with Gasteiger partial charge in [-0.2, -0.15) is 5.10 Å². The number of carbonyl (C=O) groups excluding carboxylic acids is 3. The predicted molar refractivity (Wildman–Crippen MR) is 101 cm³/mol. The van der Waals surface area contributed by atoms with Crippen LogP contribution in [0.1, 0.15) is 18.4 Å². The van der Waals surface area contributed by atoms with Gasteiger partial charge in [0.2, 0.25) is 5.91 Å². The SMILES string of the molecule is Cc1ccc(NC(=O)COC(=O)C2=NN(c3ccccc3)C(=O)CC2)cc1. The van der Waals surface area contributed by atoms with Crippen molar-refractivity contribution in [2.75, 3.05) is 16.9 Å². The molecule has 0 atom stereocenters. The molecule has 0 saturated heterocycles. The summed E-state index contributed by atoms with van der Waals surface area (Å²) < 4.78 is 5.04. The van der Waals surface area contributed by atoms with E-state index in [0.29, 0.717) is 11.4 Å². The van der Waals surface area contributed by atoms with Gasteiger partial charge < -0.3 is 10.1 Å². The molecule has 0 aromatic heterocycles. The summed E-state index contributed by atoms with van der Waals surface area (Å²) in [7, 11) is 0. The Balaban J connectivity index is 1.59. The first-order valence-electron chi connectivity index (χ1n) is 8.52. The van der Waals surface area contributed by atoms with Crippen LogP contribution in [0.4, 0.5) is 11.4 Å². The van der Waals surface area contributed by atoms with Crippen molar-refractivity contribution in [2.45, 2.75) is 19.8 Å². The number of benzene rings is 2. The molecule has 7 heteroatoms. The molecule has 0 aliphatic carbocycles. The molecular weight excluding hydrogens is 346 g/mol. The fraction of sp³-hybridized carbons (Fsp3) is 0.200. The highest BCUT2D eigenvalue weighted by Crippen LogP contribution is 2.20. The van der Waals surface area contributed by atoms with Crippen molar-refractivity contribution in [3.05, 3.63) is 60.2 Å². The van der Waals surface area contributed by atoms with Crippen LogP contribution in [0.15, 0.2) is 59.7 Å². The molecule has 1 aliphatic heterocycles. The van der Waals surface area contributed by atoms with Gasteiger partial charge in [0.25, 0.3) is 5.91 Å². The molecule has 0 unspecified atom stereocenters. The minimum atomic E-state index is -0.706. The zero-order valence-electron chi connectivity index (χ0n) is 14.8. The fourth-order valence-electron chi connectivity index (χ4n) is 2.52. The summed E-state index contributed by atoms with van der Waals surface area (Å²) >= 11 is 0. The van der Waals surface area contributed by atoms with Gasteiger partial charge >= 0.3 is 5.97 Å². The molecule has 0 radical (unpaired) electrons. The van der Waals surface area contributed by atoms with Crippen LogP contribution in [0, 0.1) is 6.92 Å². The second-order valence-corrected chi connectivity index (χ2v) is 6.08. The number of nitrogens with zero attached hydrogens (tertiary/aromatic N) is 2. The number of hydrogen-bond donors (Lipinski definition) is 1. The van der Waals surface area contributed by atoms with E-state index in [1.165, 1.54) is 5.01 Å². The second-order valence-electron chi connectivity index (χ2n) is 6.08. The lowest BCUT2D eigenvalue weighted by Gasteiger charge is -2.22. The van der Waals surface area contributed by atoms with Crippen molar-refractivity contribution >= 4 is 34.9 Å². The number of ether oxygens (including phenoxy) is 1. The summed E-state index contributed by atoms with van der Waals surface area (Å²) in [6.45, 7) is 1.52. The van der Waals surface area contributed by atoms with Gasteiger partial charge in [0, 0.05) is 18.5 Å². The summed E-state index contributed by atoms with van der Waals surface area (Å²) in [5.41, 5.74) is 2.39. The largest absolute Gasteiger partial charge is 0.451 e. The normalized spacial score (nSPS) is 13.7. The molecule has 0 spiro atoms. The monoisotopic (exact) mass is 365 g/mol. The number of amides is 2. The van der Waals surface area contributed by atoms with Crippen LogP contribution in [-0.2, 0) is 19.1 Å². The maximum absolute atomic E-state index is 12.2. The van der Waals surface area contributed by atoms with E-state index < -0.39 is 18.5 Å². The predicted octanol–water partition coefficient (Wildman–Crippen LogP) is 2.66. The minimum Gasteiger partial charge on any atom is -0.451 e. The van der Waals surface area contributed by atoms with E-state index >= 15 is 0 Å². The van der Waals surface area contributed by atoms with E-state index in [1.54, 1.807) is 36.4 Å². The van der Waals surface area contributed by atoms with Gasteiger partial charge in [-0.1, -0.05) is 35.9 Å². The molecule has 3 rings (SSSR count). The van der Waals surface area contributed by atoms with E-state index in [1.807, 2.05) is 25.1 Å². The topological polar surface area (TPSA) is 88.1 Å². The van der Waals surface area contributed by atoms with Crippen molar-refractivity contribution in [2.24, 2.45) is 5.10 Å². The summed E-state index contributed by atoms with van der Waals surface area (Å²) in [6.07, 6.45) is 0.332. The number of hydrazone groups is 1. The Morgan fingerprint density at radius 2 is 1.78 bits per heavy atom. The number of carbonyl (C=O) groups is 3. The highest BCUT2D eigenvalue weighted by Gasteiger charge is 2.26. The highest BCUT2D eigenvalue weighted by molar-refractivity contribution is 6.38. The van der Waals surface area contributed by atoms with Crippen LogP contribution < -0.4 is 10.3 Å². The molecule has 7 nitrogen and oxygen atoms in total. The van der Waals surface area contributed by atoms with Gasteiger partial charge in [-0.25, -0.2) is 9.80 Å². The van der Waals surface area contributed by atoms with Gasteiger partial charge in [0.05, 0.1) is 5.69 Å². The number of hydrogen-bond acceptors (Lipinski definition) is 5. The van der Waals surface area contributed by atoms with Crippen LogP contribution in [0.3, 0.4) is 0 Å². The standard InChI is InChI=1S/C20H19N3O4/c1-14-7-9-15(10-8-14)21-18(24)13-27-20(26)17-11-12-19(25)23(22-17)16-5-3-2-4-6-16/h2-10H,11-13H2,1H3,(H,21,24). The molecule has 0 fully saturated rings. The van der Waals surface area contributed by atoms with Crippen LogP contribution >= 0.6 is 0 Å². The van der Waals surface area contributed by atoms with Gasteiger partial charge in [0.15, 0.2) is 6.61 Å². The summed E-state index contributed by atoms with van der Waals surface area (Å²) in [5.74, 6) is -1.35. The van der Waals surface area contributed by atoms with Crippen molar-refractivity contribution in [3.63, 3.8) is 0 Å². The first kappa shape index (κ1) is 18.3. The number of nitrogens with one attached hydrogen (secondary N) is 1. The Bertz CT molecular complexity index is 876. The second kappa shape index (κ2) is 8.27. The van der Waals surface area contributed by atoms with Crippen molar-refractivity contribution < 1.29 is 19.1 Å². The Labute approximate surface area is 156 Å². The third-order valence-corrected chi connectivity index (χ3v) is 3.94. The summed E-state index contributed by atoms with van der Waals surface area (Å²) in [4.78, 5) is 36.2. The molecule has 0 bridgehead atoms. The zero-order chi connectivity index (χ0) is 19.2. The van der Waals surface area contributed by atoms with Gasteiger partial charge in [-0.05, 0) is 31.2 Å². The molecule has 2 aromatic carbocycles. The van der Waals surface area contributed by atoms with Crippen LogP contribution in [0.5, 0.6) is 0 Å². The number of esters is 1. The average Bonchev–Trinajstić information content (AvgIpc) is 2.69. The van der Waals surface area contributed by atoms with Crippen molar-refractivity contribution in [1.82, 2.24) is 0 Å². The first-order chi connectivity index (χ1) is 13.0. The Hall–Kier alpha value is -3.48. The Morgan fingerprint density at radius 1 is 1.07 bits per heavy atom. The lowest BCUT2D eigenvalue weighted by molar-refractivity contribution is -0.140. The van der Waals surface area contributed by atoms with Crippen LogP contribution in [0.25, 0.3) is 0 Å². The number of para-hydroxylation sites is 1. The lowest BCUT2D eigenvalue weighted by atomic mass is 10.1. The van der Waals surface area contributed by atoms with E-state index in [4.69, 9.17) is 4.74 Å². The van der Waals surface area contributed by atoms with Crippen LogP contribution in [0.2, 0.25) is 0 Å².